The third-order valence-corrected chi connectivity index (χ3v) is 8.00. The van der Waals surface area contributed by atoms with Crippen LogP contribution >= 0.6 is 0 Å². The van der Waals surface area contributed by atoms with Gasteiger partial charge in [-0.05, 0) is 89.1 Å². The molecule has 4 nitrogen and oxygen atoms in total. The predicted octanol–water partition coefficient (Wildman–Crippen LogP) is 5.09. The van der Waals surface area contributed by atoms with Crippen LogP contribution in [0.5, 0.6) is 0 Å². The average molecular weight is 392 g/mol. The van der Waals surface area contributed by atoms with Gasteiger partial charge in [-0.1, -0.05) is 26.7 Å². The van der Waals surface area contributed by atoms with Gasteiger partial charge in [-0.25, -0.2) is 4.79 Å². The third-order valence-electron chi connectivity index (χ3n) is 8.00. The molecule has 162 valence electrons. The van der Waals surface area contributed by atoms with E-state index in [0.717, 1.165) is 49.9 Å². The number of amides is 2. The van der Waals surface area contributed by atoms with Gasteiger partial charge in [0.05, 0.1) is 0 Å². The largest absolute Gasteiger partial charge is 0.325 e. The number of hydrogen-bond donors (Lipinski definition) is 0. The van der Waals surface area contributed by atoms with Crippen LogP contribution in [-0.4, -0.2) is 66.0 Å². The summed E-state index contributed by atoms with van der Waals surface area (Å²) in [5, 5.41) is 0. The van der Waals surface area contributed by atoms with Crippen molar-refractivity contribution in [1.82, 2.24) is 14.7 Å². The minimum atomic E-state index is 0.321. The SMILES string of the molecule is CC(C)C1CCN(C(=O)N2CCC(CCC3CCN(C(C)C)CC3)CC2)CC1. The Labute approximate surface area is 174 Å². The van der Waals surface area contributed by atoms with Gasteiger partial charge in [0.2, 0.25) is 0 Å². The first-order chi connectivity index (χ1) is 13.4. The Morgan fingerprint density at radius 1 is 0.714 bits per heavy atom. The molecule has 2 amide bonds. The topological polar surface area (TPSA) is 26.8 Å². The van der Waals surface area contributed by atoms with Crippen LogP contribution in [0.4, 0.5) is 4.79 Å². The standard InChI is InChI=1S/C24H45N3O/c1-19(2)23-11-17-27(18-12-23)24(28)26-15-9-22(10-16-26)6-5-21-7-13-25(14-8-21)20(3)4/h19-23H,5-18H2,1-4H3. The van der Waals surface area contributed by atoms with Crippen LogP contribution in [0.2, 0.25) is 0 Å². The summed E-state index contributed by atoms with van der Waals surface area (Å²) in [5.74, 6) is 3.35. The van der Waals surface area contributed by atoms with Crippen LogP contribution in [0.25, 0.3) is 0 Å². The number of hydrogen-bond acceptors (Lipinski definition) is 2. The zero-order valence-corrected chi connectivity index (χ0v) is 19.0. The number of nitrogens with zero attached hydrogens (tertiary/aromatic N) is 3. The Morgan fingerprint density at radius 3 is 1.57 bits per heavy atom. The van der Waals surface area contributed by atoms with Gasteiger partial charge in [0, 0.05) is 32.2 Å². The predicted molar refractivity (Wildman–Crippen MR) is 117 cm³/mol. The fraction of sp³-hybridized carbons (Fsp3) is 0.958. The second-order valence-electron chi connectivity index (χ2n) is 10.4. The molecule has 4 heteroatoms. The van der Waals surface area contributed by atoms with Crippen LogP contribution in [0.3, 0.4) is 0 Å². The Morgan fingerprint density at radius 2 is 1.14 bits per heavy atom. The van der Waals surface area contributed by atoms with E-state index in [9.17, 15) is 4.79 Å². The van der Waals surface area contributed by atoms with Gasteiger partial charge in [-0.15, -0.1) is 0 Å². The van der Waals surface area contributed by atoms with E-state index in [1.807, 2.05) is 0 Å². The average Bonchev–Trinajstić information content (AvgIpc) is 2.72. The summed E-state index contributed by atoms with van der Waals surface area (Å²) in [6.45, 7) is 15.8. The fourth-order valence-electron chi connectivity index (χ4n) is 5.60. The van der Waals surface area contributed by atoms with E-state index in [-0.39, 0.29) is 0 Å². The van der Waals surface area contributed by atoms with Crippen molar-refractivity contribution >= 4 is 6.03 Å². The maximum Gasteiger partial charge on any atom is 0.319 e. The molecule has 3 rings (SSSR count). The molecule has 0 bridgehead atoms. The molecule has 0 unspecified atom stereocenters. The molecule has 0 N–H and O–H groups in total. The van der Waals surface area contributed by atoms with Crippen LogP contribution in [0.15, 0.2) is 0 Å². The molecule has 0 spiro atoms. The number of urea groups is 1. The van der Waals surface area contributed by atoms with Gasteiger partial charge in [-0.2, -0.15) is 0 Å². The van der Waals surface area contributed by atoms with Crippen molar-refractivity contribution in [1.29, 1.82) is 0 Å². The van der Waals surface area contributed by atoms with E-state index >= 15 is 0 Å². The molecule has 3 heterocycles. The highest BCUT2D eigenvalue weighted by Crippen LogP contribution is 2.30. The van der Waals surface area contributed by atoms with E-state index in [0.29, 0.717) is 12.1 Å². The lowest BCUT2D eigenvalue weighted by Gasteiger charge is -2.40. The quantitative estimate of drug-likeness (QED) is 0.653. The summed E-state index contributed by atoms with van der Waals surface area (Å²) in [5.41, 5.74) is 0. The number of piperidine rings is 3. The molecular formula is C24H45N3O. The van der Waals surface area contributed by atoms with Gasteiger partial charge in [0.15, 0.2) is 0 Å². The summed E-state index contributed by atoms with van der Waals surface area (Å²) in [6.07, 6.45) is 10.4. The minimum Gasteiger partial charge on any atom is -0.325 e. The third kappa shape index (κ3) is 5.87. The van der Waals surface area contributed by atoms with E-state index in [2.05, 4.69) is 42.4 Å². The van der Waals surface area contributed by atoms with Crippen LogP contribution in [0, 0.1) is 23.7 Å². The van der Waals surface area contributed by atoms with E-state index < -0.39 is 0 Å². The summed E-state index contributed by atoms with van der Waals surface area (Å²) in [7, 11) is 0. The highest BCUT2D eigenvalue weighted by Gasteiger charge is 2.30. The van der Waals surface area contributed by atoms with Crippen LogP contribution in [-0.2, 0) is 0 Å². The van der Waals surface area contributed by atoms with E-state index in [4.69, 9.17) is 0 Å². The molecule has 0 aromatic heterocycles. The molecule has 0 aromatic rings. The zero-order valence-electron chi connectivity index (χ0n) is 19.0. The number of carbonyl (C=O) groups excluding carboxylic acids is 1. The summed E-state index contributed by atoms with van der Waals surface area (Å²) >= 11 is 0. The first-order valence-corrected chi connectivity index (χ1v) is 12.2. The highest BCUT2D eigenvalue weighted by atomic mass is 16.2. The Kier molecular flexibility index (Phi) is 8.08. The van der Waals surface area contributed by atoms with Crippen molar-refractivity contribution < 1.29 is 4.79 Å². The van der Waals surface area contributed by atoms with Crippen molar-refractivity contribution in [3.05, 3.63) is 0 Å². The van der Waals surface area contributed by atoms with Crippen molar-refractivity contribution in [2.75, 3.05) is 39.3 Å². The van der Waals surface area contributed by atoms with E-state index in [1.54, 1.807) is 0 Å². The molecular weight excluding hydrogens is 346 g/mol. The van der Waals surface area contributed by atoms with Gasteiger partial charge in [0.1, 0.15) is 0 Å². The van der Waals surface area contributed by atoms with Crippen molar-refractivity contribution in [3.8, 4) is 0 Å². The lowest BCUT2D eigenvalue weighted by molar-refractivity contribution is 0.105. The maximum absolute atomic E-state index is 12.9. The van der Waals surface area contributed by atoms with Crippen molar-refractivity contribution in [2.24, 2.45) is 23.7 Å². The summed E-state index contributed by atoms with van der Waals surface area (Å²) in [4.78, 5) is 19.8. The maximum atomic E-state index is 12.9. The van der Waals surface area contributed by atoms with Crippen molar-refractivity contribution in [3.63, 3.8) is 0 Å². The molecule has 3 saturated heterocycles. The molecule has 3 aliphatic rings. The first kappa shape index (κ1) is 21.9. The summed E-state index contributed by atoms with van der Waals surface area (Å²) < 4.78 is 0. The fourth-order valence-corrected chi connectivity index (χ4v) is 5.60. The number of carbonyl (C=O) groups is 1. The first-order valence-electron chi connectivity index (χ1n) is 12.2. The van der Waals surface area contributed by atoms with Gasteiger partial charge >= 0.3 is 6.03 Å². The lowest BCUT2D eigenvalue weighted by Crippen LogP contribution is -2.49. The molecule has 3 aliphatic heterocycles. The Hall–Kier alpha value is -0.770. The normalized spacial score (nSPS) is 24.5. The number of rotatable bonds is 5. The molecule has 0 saturated carbocycles. The van der Waals surface area contributed by atoms with E-state index in [1.165, 1.54) is 64.5 Å². The molecule has 0 radical (unpaired) electrons. The molecule has 3 fully saturated rings. The van der Waals surface area contributed by atoms with Crippen molar-refractivity contribution in [2.45, 2.75) is 85.1 Å². The monoisotopic (exact) mass is 391 g/mol. The van der Waals surface area contributed by atoms with Crippen LogP contribution < -0.4 is 0 Å². The molecule has 0 atom stereocenters. The van der Waals surface area contributed by atoms with Gasteiger partial charge < -0.3 is 14.7 Å². The molecule has 28 heavy (non-hydrogen) atoms. The number of likely N-dealkylation sites (tertiary alicyclic amines) is 3. The second kappa shape index (κ2) is 10.3. The molecule has 0 aliphatic carbocycles. The summed E-state index contributed by atoms with van der Waals surface area (Å²) in [6, 6.07) is 1.03. The smallest absolute Gasteiger partial charge is 0.319 e. The Bertz CT molecular complexity index is 468. The van der Waals surface area contributed by atoms with Crippen LogP contribution in [0.1, 0.15) is 79.1 Å². The van der Waals surface area contributed by atoms with Gasteiger partial charge in [0.25, 0.3) is 0 Å². The van der Waals surface area contributed by atoms with Gasteiger partial charge in [-0.3, -0.25) is 0 Å². The highest BCUT2D eigenvalue weighted by molar-refractivity contribution is 5.74. The Balaban J connectivity index is 1.32. The second-order valence-corrected chi connectivity index (χ2v) is 10.4. The zero-order chi connectivity index (χ0) is 20.1. The lowest BCUT2D eigenvalue weighted by atomic mass is 9.85. The molecule has 0 aromatic carbocycles. The minimum absolute atomic E-state index is 0.321.